The van der Waals surface area contributed by atoms with E-state index in [0.717, 1.165) is 0 Å². The van der Waals surface area contributed by atoms with Gasteiger partial charge in [-0.2, -0.15) is 0 Å². The van der Waals surface area contributed by atoms with Gasteiger partial charge in [-0.3, -0.25) is 14.4 Å². The molecule has 1 rings (SSSR count). The number of nitrogens with one attached hydrogen (secondary N) is 2. The van der Waals surface area contributed by atoms with Crippen LogP contribution in [0.2, 0.25) is 0 Å². The number of benzene rings is 1. The molecule has 0 saturated heterocycles. The van der Waals surface area contributed by atoms with Gasteiger partial charge in [-0.15, -0.1) is 0 Å². The second-order valence-corrected chi connectivity index (χ2v) is 4.97. The molecule has 0 heterocycles. The Morgan fingerprint density at radius 1 is 1.18 bits per heavy atom. The van der Waals surface area contributed by atoms with E-state index in [2.05, 4.69) is 15.4 Å². The summed E-state index contributed by atoms with van der Waals surface area (Å²) >= 11 is 0. The second-order valence-electron chi connectivity index (χ2n) is 4.97. The zero-order chi connectivity index (χ0) is 16.4. The molecule has 0 spiro atoms. The number of ether oxygens (including phenoxy) is 1. The van der Waals surface area contributed by atoms with E-state index in [1.54, 1.807) is 31.2 Å². The molecule has 0 fully saturated rings. The Labute approximate surface area is 130 Å². The van der Waals surface area contributed by atoms with E-state index in [1.807, 2.05) is 6.07 Å². The van der Waals surface area contributed by atoms with Crippen molar-refractivity contribution in [2.24, 2.45) is 0 Å². The van der Waals surface area contributed by atoms with Crippen molar-refractivity contribution < 1.29 is 19.1 Å². The average Bonchev–Trinajstić information content (AvgIpc) is 2.51. The lowest BCUT2D eigenvalue weighted by atomic mass is 10.2. The topological polar surface area (TPSA) is 84.5 Å². The van der Waals surface area contributed by atoms with Gasteiger partial charge in [0.05, 0.1) is 13.5 Å². The van der Waals surface area contributed by atoms with Gasteiger partial charge in [0, 0.05) is 24.6 Å². The minimum atomic E-state index is -0.358. The highest BCUT2D eigenvalue weighted by Crippen LogP contribution is 1.99. The summed E-state index contributed by atoms with van der Waals surface area (Å²) in [5, 5.41) is 5.47. The summed E-state index contributed by atoms with van der Waals surface area (Å²) in [6.07, 6.45) is 0.975. The minimum absolute atomic E-state index is 0.146. The summed E-state index contributed by atoms with van der Waals surface area (Å²) in [5.41, 5.74) is 0.596. The van der Waals surface area contributed by atoms with Crippen LogP contribution in [0, 0.1) is 0 Å². The SMILES string of the molecule is COC(=O)CC(C)NC(=O)CCCNC(=O)c1ccccc1. The Kier molecular flexibility index (Phi) is 7.67. The van der Waals surface area contributed by atoms with Gasteiger partial charge in [0.25, 0.3) is 5.91 Å². The molecule has 6 nitrogen and oxygen atoms in total. The van der Waals surface area contributed by atoms with E-state index in [1.165, 1.54) is 7.11 Å². The number of amides is 2. The highest BCUT2D eigenvalue weighted by molar-refractivity contribution is 5.94. The van der Waals surface area contributed by atoms with Crippen molar-refractivity contribution in [3.8, 4) is 0 Å². The fourth-order valence-corrected chi connectivity index (χ4v) is 1.87. The van der Waals surface area contributed by atoms with Crippen molar-refractivity contribution in [2.45, 2.75) is 32.2 Å². The molecule has 120 valence electrons. The molecule has 22 heavy (non-hydrogen) atoms. The quantitative estimate of drug-likeness (QED) is 0.559. The summed E-state index contributed by atoms with van der Waals surface area (Å²) in [6, 6.07) is 8.64. The molecule has 0 aliphatic rings. The Balaban J connectivity index is 2.17. The third kappa shape index (κ3) is 6.88. The molecular weight excluding hydrogens is 284 g/mol. The zero-order valence-electron chi connectivity index (χ0n) is 12.9. The van der Waals surface area contributed by atoms with Gasteiger partial charge >= 0.3 is 5.97 Å². The number of methoxy groups -OCH3 is 1. The normalized spacial score (nSPS) is 11.4. The standard InChI is InChI=1S/C16H22N2O4/c1-12(11-15(20)22-2)18-14(19)9-6-10-17-16(21)13-7-4-3-5-8-13/h3-5,7-8,12H,6,9-11H2,1-2H3,(H,17,21)(H,18,19). The number of esters is 1. The van der Waals surface area contributed by atoms with Crippen molar-refractivity contribution in [2.75, 3.05) is 13.7 Å². The fourth-order valence-electron chi connectivity index (χ4n) is 1.87. The van der Waals surface area contributed by atoms with Gasteiger partial charge in [-0.05, 0) is 25.5 Å². The fraction of sp³-hybridized carbons (Fsp3) is 0.438. The number of hydrogen-bond donors (Lipinski definition) is 2. The lowest BCUT2D eigenvalue weighted by Gasteiger charge is -2.12. The van der Waals surface area contributed by atoms with E-state index in [4.69, 9.17) is 0 Å². The summed E-state index contributed by atoms with van der Waals surface area (Å²) in [5.74, 6) is -0.659. The van der Waals surface area contributed by atoms with Crippen LogP contribution in [0.15, 0.2) is 30.3 Å². The highest BCUT2D eigenvalue weighted by Gasteiger charge is 2.12. The molecule has 0 aromatic heterocycles. The van der Waals surface area contributed by atoms with Gasteiger partial charge in [-0.25, -0.2) is 0 Å². The number of carbonyl (C=O) groups is 3. The van der Waals surface area contributed by atoms with Crippen molar-refractivity contribution >= 4 is 17.8 Å². The van der Waals surface area contributed by atoms with Crippen molar-refractivity contribution in [1.82, 2.24) is 10.6 Å². The van der Waals surface area contributed by atoms with Crippen LogP contribution >= 0.6 is 0 Å². The molecule has 1 aromatic rings. The third-order valence-electron chi connectivity index (χ3n) is 3.01. The first-order valence-corrected chi connectivity index (χ1v) is 7.22. The van der Waals surface area contributed by atoms with Crippen LogP contribution in [0.4, 0.5) is 0 Å². The lowest BCUT2D eigenvalue weighted by Crippen LogP contribution is -2.35. The van der Waals surface area contributed by atoms with Crippen LogP contribution in [0.3, 0.4) is 0 Å². The first-order valence-electron chi connectivity index (χ1n) is 7.22. The van der Waals surface area contributed by atoms with Gasteiger partial charge in [-0.1, -0.05) is 18.2 Å². The van der Waals surface area contributed by atoms with Gasteiger partial charge in [0.1, 0.15) is 0 Å². The van der Waals surface area contributed by atoms with Gasteiger partial charge in [0.2, 0.25) is 5.91 Å². The molecule has 0 aliphatic heterocycles. The lowest BCUT2D eigenvalue weighted by molar-refractivity contribution is -0.141. The predicted octanol–water partition coefficient (Wildman–Crippen LogP) is 1.26. The number of carbonyl (C=O) groups excluding carboxylic acids is 3. The predicted molar refractivity (Wildman–Crippen MR) is 82.2 cm³/mol. The van der Waals surface area contributed by atoms with Crippen molar-refractivity contribution in [3.63, 3.8) is 0 Å². The van der Waals surface area contributed by atoms with E-state index in [9.17, 15) is 14.4 Å². The van der Waals surface area contributed by atoms with E-state index in [-0.39, 0.29) is 30.2 Å². The molecule has 1 aromatic carbocycles. The van der Waals surface area contributed by atoms with Crippen LogP contribution in [-0.4, -0.2) is 37.5 Å². The van der Waals surface area contributed by atoms with Gasteiger partial charge < -0.3 is 15.4 Å². The van der Waals surface area contributed by atoms with Crippen LogP contribution in [0.5, 0.6) is 0 Å². The van der Waals surface area contributed by atoms with E-state index in [0.29, 0.717) is 24.9 Å². The van der Waals surface area contributed by atoms with Crippen LogP contribution < -0.4 is 10.6 Å². The van der Waals surface area contributed by atoms with Crippen molar-refractivity contribution in [3.05, 3.63) is 35.9 Å². The Morgan fingerprint density at radius 3 is 2.50 bits per heavy atom. The molecule has 2 N–H and O–H groups in total. The number of rotatable bonds is 8. The second kappa shape index (κ2) is 9.55. The molecule has 2 amide bonds. The van der Waals surface area contributed by atoms with Crippen LogP contribution in [0.1, 0.15) is 36.5 Å². The molecule has 1 unspecified atom stereocenters. The summed E-state index contributed by atoms with van der Waals surface area (Å²) in [6.45, 7) is 2.17. The van der Waals surface area contributed by atoms with E-state index < -0.39 is 0 Å². The largest absolute Gasteiger partial charge is 0.469 e. The zero-order valence-corrected chi connectivity index (χ0v) is 12.9. The number of hydrogen-bond acceptors (Lipinski definition) is 4. The van der Waals surface area contributed by atoms with Crippen LogP contribution in [-0.2, 0) is 14.3 Å². The van der Waals surface area contributed by atoms with E-state index >= 15 is 0 Å². The first kappa shape index (κ1) is 17.7. The maximum Gasteiger partial charge on any atom is 0.307 e. The van der Waals surface area contributed by atoms with Crippen LogP contribution in [0.25, 0.3) is 0 Å². The smallest absolute Gasteiger partial charge is 0.307 e. The highest BCUT2D eigenvalue weighted by atomic mass is 16.5. The first-order chi connectivity index (χ1) is 10.5. The average molecular weight is 306 g/mol. The minimum Gasteiger partial charge on any atom is -0.469 e. The van der Waals surface area contributed by atoms with Crippen molar-refractivity contribution in [1.29, 1.82) is 0 Å². The molecule has 6 heteroatoms. The Bertz CT molecular complexity index is 502. The Hall–Kier alpha value is -2.37. The summed E-state index contributed by atoms with van der Waals surface area (Å²) in [4.78, 5) is 34.5. The molecule has 0 radical (unpaired) electrons. The van der Waals surface area contributed by atoms with Gasteiger partial charge in [0.15, 0.2) is 0 Å². The summed E-state index contributed by atoms with van der Waals surface area (Å²) in [7, 11) is 1.31. The molecule has 0 bridgehead atoms. The summed E-state index contributed by atoms with van der Waals surface area (Å²) < 4.78 is 4.53. The molecule has 0 saturated carbocycles. The monoisotopic (exact) mass is 306 g/mol. The molecular formula is C16H22N2O4. The molecule has 0 aliphatic carbocycles. The molecule has 1 atom stereocenters. The maximum atomic E-state index is 11.8. The third-order valence-corrected chi connectivity index (χ3v) is 3.01. The maximum absolute atomic E-state index is 11.8. The Morgan fingerprint density at radius 2 is 1.86 bits per heavy atom.